The molecule has 2 amide bonds. The standard InChI is InChI=1S/C17H16Cl2F2N2O2/c1-9(11-6-15(21)13(19)7-12(11)18)23-17(25)22-8-16(24)10-4-2-3-5-14(10)20/h2-7,9,16,24H,8H2,1H3,(H2,22,23,25). The summed E-state index contributed by atoms with van der Waals surface area (Å²) in [6.07, 6.45) is -1.20. The van der Waals surface area contributed by atoms with E-state index in [1.54, 1.807) is 13.0 Å². The lowest BCUT2D eigenvalue weighted by molar-refractivity contribution is 0.168. The van der Waals surface area contributed by atoms with Crippen molar-refractivity contribution < 1.29 is 18.7 Å². The number of carbonyl (C=O) groups excluding carboxylic acids is 1. The summed E-state index contributed by atoms with van der Waals surface area (Å²) in [6.45, 7) is 1.42. The minimum Gasteiger partial charge on any atom is -0.386 e. The molecule has 0 heterocycles. The van der Waals surface area contributed by atoms with Crippen LogP contribution in [0.15, 0.2) is 36.4 Å². The maximum absolute atomic E-state index is 13.6. The molecule has 0 fully saturated rings. The number of aliphatic hydroxyl groups is 1. The van der Waals surface area contributed by atoms with Gasteiger partial charge in [0, 0.05) is 17.1 Å². The largest absolute Gasteiger partial charge is 0.386 e. The summed E-state index contributed by atoms with van der Waals surface area (Å²) < 4.78 is 27.1. The highest BCUT2D eigenvalue weighted by Gasteiger charge is 2.17. The molecule has 0 spiro atoms. The van der Waals surface area contributed by atoms with Gasteiger partial charge < -0.3 is 15.7 Å². The highest BCUT2D eigenvalue weighted by atomic mass is 35.5. The lowest BCUT2D eigenvalue weighted by Gasteiger charge is -2.18. The van der Waals surface area contributed by atoms with Crippen molar-refractivity contribution >= 4 is 29.2 Å². The number of aliphatic hydroxyl groups excluding tert-OH is 1. The fraction of sp³-hybridized carbons (Fsp3) is 0.235. The first kappa shape index (κ1) is 19.4. The topological polar surface area (TPSA) is 61.4 Å². The van der Waals surface area contributed by atoms with E-state index in [2.05, 4.69) is 10.6 Å². The normalized spacial score (nSPS) is 13.2. The molecule has 25 heavy (non-hydrogen) atoms. The molecule has 134 valence electrons. The van der Waals surface area contributed by atoms with Gasteiger partial charge in [0.2, 0.25) is 0 Å². The highest BCUT2D eigenvalue weighted by Crippen LogP contribution is 2.28. The number of carbonyl (C=O) groups is 1. The van der Waals surface area contributed by atoms with Crippen molar-refractivity contribution in [3.8, 4) is 0 Å². The predicted octanol–water partition coefficient (Wildman–Crippen LogP) is 4.37. The quantitative estimate of drug-likeness (QED) is 0.666. The maximum atomic E-state index is 13.6. The van der Waals surface area contributed by atoms with Crippen molar-refractivity contribution in [2.75, 3.05) is 6.54 Å². The number of rotatable bonds is 5. The van der Waals surface area contributed by atoms with Crippen LogP contribution in [0.2, 0.25) is 10.0 Å². The molecule has 0 saturated carbocycles. The van der Waals surface area contributed by atoms with E-state index in [-0.39, 0.29) is 22.2 Å². The van der Waals surface area contributed by atoms with Crippen LogP contribution in [0.1, 0.15) is 30.2 Å². The van der Waals surface area contributed by atoms with E-state index in [1.807, 2.05) is 0 Å². The van der Waals surface area contributed by atoms with Crippen LogP contribution in [0.25, 0.3) is 0 Å². The summed E-state index contributed by atoms with van der Waals surface area (Å²) in [4.78, 5) is 11.9. The average molecular weight is 389 g/mol. The van der Waals surface area contributed by atoms with Crippen LogP contribution in [0, 0.1) is 11.6 Å². The fourth-order valence-corrected chi connectivity index (χ4v) is 2.79. The Morgan fingerprint density at radius 2 is 1.80 bits per heavy atom. The van der Waals surface area contributed by atoms with Gasteiger partial charge in [-0.1, -0.05) is 41.4 Å². The van der Waals surface area contributed by atoms with Crippen LogP contribution >= 0.6 is 23.2 Å². The SMILES string of the molecule is CC(NC(=O)NCC(O)c1ccccc1F)c1cc(F)c(Cl)cc1Cl. The van der Waals surface area contributed by atoms with E-state index in [9.17, 15) is 18.7 Å². The zero-order valence-electron chi connectivity index (χ0n) is 13.2. The number of hydrogen-bond donors (Lipinski definition) is 3. The van der Waals surface area contributed by atoms with Gasteiger partial charge >= 0.3 is 6.03 Å². The van der Waals surface area contributed by atoms with Crippen molar-refractivity contribution in [3.63, 3.8) is 0 Å². The van der Waals surface area contributed by atoms with Crippen molar-refractivity contribution in [1.29, 1.82) is 0 Å². The molecule has 0 aliphatic carbocycles. The zero-order chi connectivity index (χ0) is 18.6. The Morgan fingerprint density at radius 1 is 1.12 bits per heavy atom. The van der Waals surface area contributed by atoms with Gasteiger partial charge in [-0.05, 0) is 30.7 Å². The third kappa shape index (κ3) is 5.04. The number of amides is 2. The van der Waals surface area contributed by atoms with Crippen molar-refractivity contribution in [2.24, 2.45) is 0 Å². The van der Waals surface area contributed by atoms with Gasteiger partial charge in [-0.15, -0.1) is 0 Å². The van der Waals surface area contributed by atoms with E-state index in [0.717, 1.165) is 6.07 Å². The molecule has 0 bridgehead atoms. The Morgan fingerprint density at radius 3 is 2.48 bits per heavy atom. The molecule has 4 nitrogen and oxygen atoms in total. The summed E-state index contributed by atoms with van der Waals surface area (Å²) in [5.41, 5.74) is 0.437. The Labute approximate surface area is 153 Å². The van der Waals surface area contributed by atoms with E-state index < -0.39 is 29.8 Å². The number of halogens is 4. The number of hydrogen-bond acceptors (Lipinski definition) is 2. The van der Waals surface area contributed by atoms with Crippen LogP contribution in [0.5, 0.6) is 0 Å². The lowest BCUT2D eigenvalue weighted by Crippen LogP contribution is -2.39. The van der Waals surface area contributed by atoms with Gasteiger partial charge in [0.15, 0.2) is 0 Å². The molecule has 2 aromatic carbocycles. The lowest BCUT2D eigenvalue weighted by atomic mass is 10.1. The molecule has 3 N–H and O–H groups in total. The zero-order valence-corrected chi connectivity index (χ0v) is 14.7. The first-order valence-corrected chi connectivity index (χ1v) is 8.16. The molecule has 0 saturated heterocycles. The van der Waals surface area contributed by atoms with E-state index >= 15 is 0 Å². The molecule has 8 heteroatoms. The van der Waals surface area contributed by atoms with E-state index in [0.29, 0.717) is 5.56 Å². The minimum atomic E-state index is -1.20. The molecule has 0 aromatic heterocycles. The summed E-state index contributed by atoms with van der Waals surface area (Å²) in [7, 11) is 0. The van der Waals surface area contributed by atoms with Crippen LogP contribution in [0.3, 0.4) is 0 Å². The third-order valence-corrected chi connectivity index (χ3v) is 4.19. The minimum absolute atomic E-state index is 0.0821. The van der Waals surface area contributed by atoms with Crippen LogP contribution < -0.4 is 10.6 Å². The molecule has 0 aliphatic heterocycles. The van der Waals surface area contributed by atoms with Crippen LogP contribution in [-0.4, -0.2) is 17.7 Å². The van der Waals surface area contributed by atoms with Gasteiger partial charge in [-0.25, -0.2) is 13.6 Å². The van der Waals surface area contributed by atoms with E-state index in [4.69, 9.17) is 23.2 Å². The first-order valence-electron chi connectivity index (χ1n) is 7.41. The van der Waals surface area contributed by atoms with Crippen LogP contribution in [-0.2, 0) is 0 Å². The van der Waals surface area contributed by atoms with Crippen molar-refractivity contribution in [3.05, 3.63) is 69.2 Å². The Bertz CT molecular complexity index is 774. The van der Waals surface area contributed by atoms with Gasteiger partial charge in [-0.2, -0.15) is 0 Å². The highest BCUT2D eigenvalue weighted by molar-refractivity contribution is 6.35. The summed E-state index contributed by atoms with van der Waals surface area (Å²) in [6, 6.07) is 6.91. The molecule has 2 unspecified atom stereocenters. The Balaban J connectivity index is 1.94. The number of nitrogens with one attached hydrogen (secondary N) is 2. The number of benzene rings is 2. The third-order valence-electron chi connectivity index (χ3n) is 3.57. The Kier molecular flexibility index (Phi) is 6.58. The molecule has 2 rings (SSSR count). The molecule has 0 aliphatic rings. The smallest absolute Gasteiger partial charge is 0.315 e. The molecule has 2 aromatic rings. The average Bonchev–Trinajstić information content (AvgIpc) is 2.56. The van der Waals surface area contributed by atoms with E-state index in [1.165, 1.54) is 24.3 Å². The van der Waals surface area contributed by atoms with Gasteiger partial charge in [-0.3, -0.25) is 0 Å². The second kappa shape index (κ2) is 8.47. The second-order valence-electron chi connectivity index (χ2n) is 5.40. The number of urea groups is 1. The summed E-state index contributed by atoms with van der Waals surface area (Å²) >= 11 is 11.6. The molecular weight excluding hydrogens is 373 g/mol. The first-order chi connectivity index (χ1) is 11.8. The molecule has 0 radical (unpaired) electrons. The summed E-state index contributed by atoms with van der Waals surface area (Å²) in [5.74, 6) is -1.21. The fourth-order valence-electron chi connectivity index (χ4n) is 2.24. The monoisotopic (exact) mass is 388 g/mol. The Hall–Kier alpha value is -1.89. The van der Waals surface area contributed by atoms with Gasteiger partial charge in [0.1, 0.15) is 11.6 Å². The van der Waals surface area contributed by atoms with Gasteiger partial charge in [0.25, 0.3) is 0 Å². The molecular formula is C17H16Cl2F2N2O2. The van der Waals surface area contributed by atoms with Gasteiger partial charge in [0.05, 0.1) is 17.2 Å². The van der Waals surface area contributed by atoms with Crippen LogP contribution in [0.4, 0.5) is 13.6 Å². The van der Waals surface area contributed by atoms with Crippen molar-refractivity contribution in [1.82, 2.24) is 10.6 Å². The predicted molar refractivity (Wildman–Crippen MR) is 92.7 cm³/mol. The summed E-state index contributed by atoms with van der Waals surface area (Å²) in [5, 5.41) is 15.0. The molecule has 2 atom stereocenters. The second-order valence-corrected chi connectivity index (χ2v) is 6.22. The maximum Gasteiger partial charge on any atom is 0.315 e. The van der Waals surface area contributed by atoms with Crippen molar-refractivity contribution in [2.45, 2.75) is 19.1 Å².